The fourth-order valence-corrected chi connectivity index (χ4v) is 1.22. The first-order valence-corrected chi connectivity index (χ1v) is 5.37. The van der Waals surface area contributed by atoms with Gasteiger partial charge in [-0.2, -0.15) is 0 Å². The van der Waals surface area contributed by atoms with Crippen molar-refractivity contribution in [2.45, 2.75) is 32.4 Å². The van der Waals surface area contributed by atoms with E-state index in [1.165, 1.54) is 6.33 Å². The second kappa shape index (κ2) is 5.58. The standard InChI is InChI=1S/C11H18N4O2/c1-11(2,3)17-10(16)15-9(4-12)8-5-13-7-14-6-8/h5-7,9H,4,12H2,1-3H3,(H,15,16). The van der Waals surface area contributed by atoms with Gasteiger partial charge in [-0.25, -0.2) is 14.8 Å². The van der Waals surface area contributed by atoms with Gasteiger partial charge in [-0.3, -0.25) is 0 Å². The van der Waals surface area contributed by atoms with Crippen molar-refractivity contribution in [1.82, 2.24) is 15.3 Å². The fourth-order valence-electron chi connectivity index (χ4n) is 1.22. The van der Waals surface area contributed by atoms with Crippen LogP contribution in [0.15, 0.2) is 18.7 Å². The van der Waals surface area contributed by atoms with E-state index in [2.05, 4.69) is 15.3 Å². The highest BCUT2D eigenvalue weighted by Crippen LogP contribution is 2.11. The van der Waals surface area contributed by atoms with Crippen molar-refractivity contribution >= 4 is 6.09 Å². The van der Waals surface area contributed by atoms with E-state index in [1.54, 1.807) is 33.2 Å². The monoisotopic (exact) mass is 238 g/mol. The normalized spacial score (nSPS) is 12.9. The molecule has 0 saturated carbocycles. The third-order valence-corrected chi connectivity index (χ3v) is 1.91. The molecule has 0 aliphatic rings. The smallest absolute Gasteiger partial charge is 0.408 e. The Morgan fingerprint density at radius 3 is 2.53 bits per heavy atom. The van der Waals surface area contributed by atoms with Crippen LogP contribution in [0.1, 0.15) is 32.4 Å². The topological polar surface area (TPSA) is 90.1 Å². The molecule has 0 bridgehead atoms. The lowest BCUT2D eigenvalue weighted by Crippen LogP contribution is -2.37. The molecule has 1 amide bonds. The molecule has 17 heavy (non-hydrogen) atoms. The summed E-state index contributed by atoms with van der Waals surface area (Å²) in [5.74, 6) is 0. The Bertz CT molecular complexity index is 361. The summed E-state index contributed by atoms with van der Waals surface area (Å²) in [6, 6.07) is -0.342. The first-order valence-electron chi connectivity index (χ1n) is 5.37. The van der Waals surface area contributed by atoms with Crippen LogP contribution in [0.25, 0.3) is 0 Å². The largest absolute Gasteiger partial charge is 0.444 e. The van der Waals surface area contributed by atoms with Crippen LogP contribution in [0, 0.1) is 0 Å². The second-order valence-corrected chi connectivity index (χ2v) is 4.61. The Hall–Kier alpha value is -1.69. The maximum atomic E-state index is 11.6. The maximum absolute atomic E-state index is 11.6. The lowest BCUT2D eigenvalue weighted by Gasteiger charge is -2.22. The van der Waals surface area contributed by atoms with Crippen LogP contribution >= 0.6 is 0 Å². The highest BCUT2D eigenvalue weighted by molar-refractivity contribution is 5.68. The zero-order valence-corrected chi connectivity index (χ0v) is 10.3. The molecular formula is C11H18N4O2. The summed E-state index contributed by atoms with van der Waals surface area (Å²) in [5, 5.41) is 2.67. The molecule has 0 fully saturated rings. The van der Waals surface area contributed by atoms with Crippen molar-refractivity contribution in [2.24, 2.45) is 5.73 Å². The lowest BCUT2D eigenvalue weighted by molar-refractivity contribution is 0.0505. The first kappa shape index (κ1) is 13.4. The van der Waals surface area contributed by atoms with Gasteiger partial charge in [-0.05, 0) is 20.8 Å². The molecule has 1 unspecified atom stereocenters. The Labute approximate surface area is 101 Å². The van der Waals surface area contributed by atoms with Crippen molar-refractivity contribution in [3.05, 3.63) is 24.3 Å². The van der Waals surface area contributed by atoms with Gasteiger partial charge in [0.05, 0.1) is 6.04 Å². The Morgan fingerprint density at radius 1 is 1.47 bits per heavy atom. The molecule has 0 saturated heterocycles. The predicted molar refractivity (Wildman–Crippen MR) is 63.2 cm³/mol. The molecule has 6 heteroatoms. The van der Waals surface area contributed by atoms with Crippen LogP contribution in [0.4, 0.5) is 4.79 Å². The molecular weight excluding hydrogens is 220 g/mol. The van der Waals surface area contributed by atoms with Crippen LogP contribution in [-0.4, -0.2) is 28.2 Å². The van der Waals surface area contributed by atoms with E-state index in [1.807, 2.05) is 0 Å². The average Bonchev–Trinajstić information content (AvgIpc) is 2.24. The molecule has 0 aromatic carbocycles. The van der Waals surface area contributed by atoms with Crippen molar-refractivity contribution in [2.75, 3.05) is 6.54 Å². The average molecular weight is 238 g/mol. The molecule has 1 atom stereocenters. The molecule has 3 N–H and O–H groups in total. The van der Waals surface area contributed by atoms with Gasteiger partial charge >= 0.3 is 6.09 Å². The van der Waals surface area contributed by atoms with Gasteiger partial charge in [0.25, 0.3) is 0 Å². The third-order valence-electron chi connectivity index (χ3n) is 1.91. The number of alkyl carbamates (subject to hydrolysis) is 1. The van der Waals surface area contributed by atoms with Crippen LogP contribution in [0.3, 0.4) is 0 Å². The van der Waals surface area contributed by atoms with Gasteiger partial charge in [0.2, 0.25) is 0 Å². The van der Waals surface area contributed by atoms with E-state index in [0.29, 0.717) is 0 Å². The molecule has 0 spiro atoms. The number of nitrogens with one attached hydrogen (secondary N) is 1. The highest BCUT2D eigenvalue weighted by atomic mass is 16.6. The summed E-state index contributed by atoms with van der Waals surface area (Å²) in [4.78, 5) is 19.3. The van der Waals surface area contributed by atoms with Gasteiger partial charge in [0.1, 0.15) is 11.9 Å². The number of nitrogens with zero attached hydrogens (tertiary/aromatic N) is 2. The van der Waals surface area contributed by atoms with Gasteiger partial charge in [-0.15, -0.1) is 0 Å². The number of carbonyl (C=O) groups is 1. The minimum atomic E-state index is -0.531. The summed E-state index contributed by atoms with van der Waals surface area (Å²) in [6.07, 6.45) is 4.14. The summed E-state index contributed by atoms with van der Waals surface area (Å²) >= 11 is 0. The van der Waals surface area contributed by atoms with E-state index in [0.717, 1.165) is 5.56 Å². The SMILES string of the molecule is CC(C)(C)OC(=O)NC(CN)c1cncnc1. The Balaban J connectivity index is 2.62. The number of nitrogens with two attached hydrogens (primary N) is 1. The summed E-state index contributed by atoms with van der Waals surface area (Å²) in [6.45, 7) is 5.66. The number of ether oxygens (including phenoxy) is 1. The van der Waals surface area contributed by atoms with Gasteiger partial charge in [0.15, 0.2) is 0 Å². The van der Waals surface area contributed by atoms with Gasteiger partial charge in [0, 0.05) is 24.5 Å². The van der Waals surface area contributed by atoms with Gasteiger partial charge < -0.3 is 15.8 Å². The van der Waals surface area contributed by atoms with E-state index in [-0.39, 0.29) is 12.6 Å². The predicted octanol–water partition coefficient (Wildman–Crippen LogP) is 1.00. The minimum Gasteiger partial charge on any atom is -0.444 e. The zero-order valence-electron chi connectivity index (χ0n) is 10.3. The van der Waals surface area contributed by atoms with Crippen molar-refractivity contribution in [1.29, 1.82) is 0 Å². The molecule has 0 radical (unpaired) electrons. The van der Waals surface area contributed by atoms with Crippen LogP contribution in [0.2, 0.25) is 0 Å². The molecule has 94 valence electrons. The number of hydrogen-bond donors (Lipinski definition) is 2. The molecule has 0 aliphatic heterocycles. The molecule has 1 aromatic heterocycles. The van der Waals surface area contributed by atoms with Crippen LogP contribution in [0.5, 0.6) is 0 Å². The van der Waals surface area contributed by atoms with Gasteiger partial charge in [-0.1, -0.05) is 0 Å². The maximum Gasteiger partial charge on any atom is 0.408 e. The quantitative estimate of drug-likeness (QED) is 0.819. The Morgan fingerprint density at radius 2 is 2.06 bits per heavy atom. The van der Waals surface area contributed by atoms with E-state index in [9.17, 15) is 4.79 Å². The summed E-state index contributed by atoms with van der Waals surface area (Å²) in [7, 11) is 0. The van der Waals surface area contributed by atoms with Crippen LogP contribution in [-0.2, 0) is 4.74 Å². The molecule has 1 heterocycles. The van der Waals surface area contributed by atoms with E-state index < -0.39 is 11.7 Å². The zero-order chi connectivity index (χ0) is 12.9. The molecule has 6 nitrogen and oxygen atoms in total. The molecule has 1 aromatic rings. The van der Waals surface area contributed by atoms with Crippen molar-refractivity contribution in [3.8, 4) is 0 Å². The first-order chi connectivity index (χ1) is 7.92. The number of carbonyl (C=O) groups excluding carboxylic acids is 1. The number of rotatable bonds is 3. The minimum absolute atomic E-state index is 0.257. The number of aromatic nitrogens is 2. The van der Waals surface area contributed by atoms with E-state index in [4.69, 9.17) is 10.5 Å². The highest BCUT2D eigenvalue weighted by Gasteiger charge is 2.19. The van der Waals surface area contributed by atoms with Crippen molar-refractivity contribution < 1.29 is 9.53 Å². The van der Waals surface area contributed by atoms with Crippen LogP contribution < -0.4 is 11.1 Å². The third kappa shape index (κ3) is 4.78. The van der Waals surface area contributed by atoms with E-state index >= 15 is 0 Å². The number of amides is 1. The summed E-state index contributed by atoms with van der Waals surface area (Å²) < 4.78 is 5.15. The molecule has 1 rings (SSSR count). The molecule has 0 aliphatic carbocycles. The number of hydrogen-bond acceptors (Lipinski definition) is 5. The Kier molecular flexibility index (Phi) is 4.39. The van der Waals surface area contributed by atoms with Crippen molar-refractivity contribution in [3.63, 3.8) is 0 Å². The second-order valence-electron chi connectivity index (χ2n) is 4.61. The summed E-state index contributed by atoms with van der Waals surface area (Å²) in [5.41, 5.74) is 5.81. The fraction of sp³-hybridized carbons (Fsp3) is 0.545. The lowest BCUT2D eigenvalue weighted by atomic mass is 10.1.